The molecule has 3 heteroatoms. The van der Waals surface area contributed by atoms with E-state index in [4.69, 9.17) is 9.47 Å². The summed E-state index contributed by atoms with van der Waals surface area (Å²) in [5.74, 6) is 2.79. The number of halogens is 1. The van der Waals surface area contributed by atoms with Crippen LogP contribution in [0.2, 0.25) is 0 Å². The molecule has 0 radical (unpaired) electrons. The molecule has 2 nitrogen and oxygen atoms in total. The van der Waals surface area contributed by atoms with Crippen LogP contribution in [-0.2, 0) is 9.47 Å². The van der Waals surface area contributed by atoms with Gasteiger partial charge in [0.15, 0.2) is 0 Å². The van der Waals surface area contributed by atoms with Gasteiger partial charge in [0.25, 0.3) is 0 Å². The molecule has 1 saturated heterocycles. The third kappa shape index (κ3) is 3.73. The van der Waals surface area contributed by atoms with Crippen LogP contribution in [0.15, 0.2) is 0 Å². The second kappa shape index (κ2) is 4.09. The van der Waals surface area contributed by atoms with Crippen LogP contribution in [0.25, 0.3) is 0 Å². The van der Waals surface area contributed by atoms with Gasteiger partial charge >= 0.3 is 0 Å². The number of epoxide rings is 1. The molecule has 0 aromatic heterocycles. The molecule has 0 aliphatic carbocycles. The standard InChI is InChI=1S/C6H7IO2/c7-2-1-3-8-4-6-5-9-6/h6H,3-5H2. The Hall–Kier alpha value is 0.210. The van der Waals surface area contributed by atoms with Crippen molar-refractivity contribution in [1.82, 2.24) is 0 Å². The van der Waals surface area contributed by atoms with Crippen molar-refractivity contribution in [2.45, 2.75) is 6.10 Å². The number of rotatable bonds is 3. The fraction of sp³-hybridized carbons (Fsp3) is 0.667. The predicted molar refractivity (Wildman–Crippen MR) is 42.4 cm³/mol. The van der Waals surface area contributed by atoms with Gasteiger partial charge in [-0.15, -0.1) is 0 Å². The Bertz CT molecular complexity index is 132. The van der Waals surface area contributed by atoms with E-state index in [1.165, 1.54) is 0 Å². The van der Waals surface area contributed by atoms with Crippen molar-refractivity contribution in [2.24, 2.45) is 0 Å². The molecule has 1 fully saturated rings. The van der Waals surface area contributed by atoms with E-state index in [0.717, 1.165) is 6.61 Å². The first kappa shape index (κ1) is 7.32. The van der Waals surface area contributed by atoms with Gasteiger partial charge in [-0.05, 0) is 3.93 Å². The Balaban J connectivity index is 1.84. The van der Waals surface area contributed by atoms with Gasteiger partial charge in [-0.1, -0.05) is 5.92 Å². The molecule has 0 bridgehead atoms. The lowest BCUT2D eigenvalue weighted by Crippen LogP contribution is -2.00. The summed E-state index contributed by atoms with van der Waals surface area (Å²) in [5.41, 5.74) is 0. The van der Waals surface area contributed by atoms with Crippen molar-refractivity contribution < 1.29 is 9.47 Å². The largest absolute Gasteiger partial charge is 0.371 e. The molecule has 0 spiro atoms. The summed E-state index contributed by atoms with van der Waals surface area (Å²) in [6, 6.07) is 0. The Kier molecular flexibility index (Phi) is 3.33. The highest BCUT2D eigenvalue weighted by Crippen LogP contribution is 2.07. The fourth-order valence-corrected chi connectivity index (χ4v) is 0.589. The van der Waals surface area contributed by atoms with E-state index in [2.05, 4.69) is 9.85 Å². The second-order valence-corrected chi connectivity index (χ2v) is 2.28. The molecule has 50 valence electrons. The molecule has 1 rings (SSSR count). The average Bonchev–Trinajstić information content (AvgIpc) is 2.63. The Labute approximate surface area is 68.0 Å². The number of hydrogen-bond acceptors (Lipinski definition) is 2. The van der Waals surface area contributed by atoms with E-state index in [9.17, 15) is 0 Å². The first-order valence-corrected chi connectivity index (χ1v) is 3.79. The zero-order chi connectivity index (χ0) is 6.53. The SMILES string of the molecule is IC#CCOCC1CO1. The summed E-state index contributed by atoms with van der Waals surface area (Å²) in [4.78, 5) is 0. The minimum Gasteiger partial charge on any atom is -0.371 e. The summed E-state index contributed by atoms with van der Waals surface area (Å²) in [7, 11) is 0. The van der Waals surface area contributed by atoms with Gasteiger partial charge in [0.2, 0.25) is 0 Å². The van der Waals surface area contributed by atoms with Crippen molar-refractivity contribution in [1.29, 1.82) is 0 Å². The molecule has 1 aliphatic heterocycles. The van der Waals surface area contributed by atoms with E-state index in [1.807, 2.05) is 22.6 Å². The normalized spacial score (nSPS) is 22.6. The number of ether oxygens (including phenoxy) is 2. The van der Waals surface area contributed by atoms with Crippen molar-refractivity contribution in [3.05, 3.63) is 0 Å². The van der Waals surface area contributed by atoms with Crippen molar-refractivity contribution in [3.8, 4) is 9.85 Å². The van der Waals surface area contributed by atoms with E-state index in [-0.39, 0.29) is 0 Å². The van der Waals surface area contributed by atoms with Crippen molar-refractivity contribution >= 4 is 22.6 Å². The summed E-state index contributed by atoms with van der Waals surface area (Å²) >= 11 is 1.99. The Morgan fingerprint density at radius 1 is 1.78 bits per heavy atom. The maximum Gasteiger partial charge on any atom is 0.108 e. The van der Waals surface area contributed by atoms with Gasteiger partial charge < -0.3 is 9.47 Å². The van der Waals surface area contributed by atoms with E-state index in [0.29, 0.717) is 19.3 Å². The van der Waals surface area contributed by atoms with Crippen LogP contribution in [0.3, 0.4) is 0 Å². The highest BCUT2D eigenvalue weighted by atomic mass is 127. The predicted octanol–water partition coefficient (Wildman–Crippen LogP) is 0.798. The van der Waals surface area contributed by atoms with Gasteiger partial charge in [0, 0.05) is 22.6 Å². The first-order chi connectivity index (χ1) is 4.43. The van der Waals surface area contributed by atoms with Crippen LogP contribution in [0.5, 0.6) is 0 Å². The molecule has 0 amide bonds. The van der Waals surface area contributed by atoms with Crippen molar-refractivity contribution in [2.75, 3.05) is 19.8 Å². The molecule has 0 saturated carbocycles. The number of hydrogen-bond donors (Lipinski definition) is 0. The third-order valence-electron chi connectivity index (χ3n) is 0.947. The summed E-state index contributed by atoms with van der Waals surface area (Å²) in [6.45, 7) is 2.09. The molecule has 0 aromatic carbocycles. The Morgan fingerprint density at radius 3 is 3.11 bits per heavy atom. The maximum atomic E-state index is 5.09. The lowest BCUT2D eigenvalue weighted by molar-refractivity contribution is 0.145. The Morgan fingerprint density at radius 2 is 2.56 bits per heavy atom. The lowest BCUT2D eigenvalue weighted by atomic mass is 10.5. The summed E-state index contributed by atoms with van der Waals surface area (Å²) in [6.07, 6.45) is 0.362. The topological polar surface area (TPSA) is 21.8 Å². The van der Waals surface area contributed by atoms with Gasteiger partial charge in [-0.25, -0.2) is 0 Å². The molecular weight excluding hydrogens is 231 g/mol. The minimum absolute atomic E-state index is 0.362. The zero-order valence-electron chi connectivity index (χ0n) is 4.89. The van der Waals surface area contributed by atoms with Crippen LogP contribution in [-0.4, -0.2) is 25.9 Å². The van der Waals surface area contributed by atoms with Crippen LogP contribution >= 0.6 is 22.6 Å². The van der Waals surface area contributed by atoms with Gasteiger partial charge in [-0.2, -0.15) is 0 Å². The second-order valence-electron chi connectivity index (χ2n) is 1.74. The van der Waals surface area contributed by atoms with Crippen LogP contribution in [0, 0.1) is 9.85 Å². The van der Waals surface area contributed by atoms with Crippen LogP contribution in [0.1, 0.15) is 0 Å². The highest BCUT2D eigenvalue weighted by molar-refractivity contribution is 14.1. The van der Waals surface area contributed by atoms with E-state index < -0.39 is 0 Å². The quantitative estimate of drug-likeness (QED) is 0.314. The molecule has 1 heterocycles. The molecule has 0 aromatic rings. The smallest absolute Gasteiger partial charge is 0.108 e. The van der Waals surface area contributed by atoms with E-state index in [1.54, 1.807) is 0 Å². The van der Waals surface area contributed by atoms with Crippen LogP contribution in [0.4, 0.5) is 0 Å². The maximum absolute atomic E-state index is 5.09. The van der Waals surface area contributed by atoms with Gasteiger partial charge in [0.05, 0.1) is 13.2 Å². The summed E-state index contributed by atoms with van der Waals surface area (Å²) < 4.78 is 12.7. The van der Waals surface area contributed by atoms with E-state index >= 15 is 0 Å². The van der Waals surface area contributed by atoms with Gasteiger partial charge in [-0.3, -0.25) is 0 Å². The molecule has 1 atom stereocenters. The molecule has 1 unspecified atom stereocenters. The highest BCUT2D eigenvalue weighted by Gasteiger charge is 2.21. The molecule has 0 N–H and O–H groups in total. The average molecular weight is 238 g/mol. The fourth-order valence-electron chi connectivity index (χ4n) is 0.433. The monoisotopic (exact) mass is 238 g/mol. The lowest BCUT2D eigenvalue weighted by Gasteiger charge is -1.91. The zero-order valence-corrected chi connectivity index (χ0v) is 7.05. The first-order valence-electron chi connectivity index (χ1n) is 2.71. The third-order valence-corrected chi connectivity index (χ3v) is 1.33. The minimum atomic E-state index is 0.362. The summed E-state index contributed by atoms with van der Waals surface area (Å²) in [5, 5.41) is 0. The van der Waals surface area contributed by atoms with Gasteiger partial charge in [0.1, 0.15) is 12.7 Å². The molecule has 9 heavy (non-hydrogen) atoms. The van der Waals surface area contributed by atoms with Crippen molar-refractivity contribution in [3.63, 3.8) is 0 Å². The molecular formula is C6H7IO2. The molecule has 1 aliphatic rings. The van der Waals surface area contributed by atoms with Crippen LogP contribution < -0.4 is 0 Å².